The van der Waals surface area contributed by atoms with Crippen molar-refractivity contribution in [3.05, 3.63) is 58.4 Å². The molecule has 0 radical (unpaired) electrons. The zero-order valence-electron chi connectivity index (χ0n) is 10.9. The molecule has 2 rings (SSSR count). The van der Waals surface area contributed by atoms with E-state index >= 15 is 0 Å². The topological polar surface area (TPSA) is 42.9 Å². The first kappa shape index (κ1) is 12.4. The third-order valence-electron chi connectivity index (χ3n) is 3.08. The van der Waals surface area contributed by atoms with E-state index in [1.807, 2.05) is 13.8 Å². The Kier molecular flexibility index (Phi) is 3.51. The summed E-state index contributed by atoms with van der Waals surface area (Å²) in [6.45, 7) is 6.17. The molecule has 0 N–H and O–H groups in total. The van der Waals surface area contributed by atoms with E-state index in [1.165, 1.54) is 22.9 Å². The maximum Gasteiger partial charge on any atom is 0.168 e. The molecule has 0 aliphatic rings. The van der Waals surface area contributed by atoms with Gasteiger partial charge in [0.15, 0.2) is 5.78 Å². The first-order valence-corrected chi connectivity index (χ1v) is 5.94. The van der Waals surface area contributed by atoms with E-state index in [1.54, 1.807) is 12.3 Å². The molecule has 0 aliphatic heterocycles. The zero-order valence-corrected chi connectivity index (χ0v) is 10.9. The Labute approximate surface area is 107 Å². The van der Waals surface area contributed by atoms with Crippen LogP contribution in [-0.4, -0.2) is 16.0 Å². The van der Waals surface area contributed by atoms with Crippen LogP contribution in [0.1, 0.15) is 32.6 Å². The van der Waals surface area contributed by atoms with Crippen LogP contribution in [0.3, 0.4) is 0 Å². The molecule has 3 nitrogen and oxygen atoms in total. The van der Waals surface area contributed by atoms with E-state index in [4.69, 9.17) is 0 Å². The van der Waals surface area contributed by atoms with Gasteiger partial charge in [0.05, 0.1) is 12.4 Å². The van der Waals surface area contributed by atoms with Crippen LogP contribution in [0.15, 0.2) is 30.6 Å². The number of benzene rings is 1. The molecule has 0 spiro atoms. The average molecular weight is 240 g/mol. The molecule has 0 fully saturated rings. The Morgan fingerprint density at radius 2 is 1.78 bits per heavy atom. The third kappa shape index (κ3) is 2.62. The molecular formula is C15H16N2O. The molecule has 3 heteroatoms. The number of rotatable bonds is 3. The number of aromatic nitrogens is 2. The highest BCUT2D eigenvalue weighted by Gasteiger charge is 2.11. The van der Waals surface area contributed by atoms with Gasteiger partial charge in [0.25, 0.3) is 0 Å². The van der Waals surface area contributed by atoms with Gasteiger partial charge in [-0.2, -0.15) is 10.2 Å². The summed E-state index contributed by atoms with van der Waals surface area (Å²) in [5.74, 6) is 0.0833. The maximum absolute atomic E-state index is 12.1. The number of hydrogen-bond donors (Lipinski definition) is 0. The van der Waals surface area contributed by atoms with Gasteiger partial charge in [0.2, 0.25) is 0 Å². The van der Waals surface area contributed by atoms with E-state index in [0.717, 1.165) is 5.56 Å². The van der Waals surface area contributed by atoms with Crippen LogP contribution in [0.25, 0.3) is 0 Å². The van der Waals surface area contributed by atoms with Crippen LogP contribution in [0.2, 0.25) is 0 Å². The summed E-state index contributed by atoms with van der Waals surface area (Å²) in [7, 11) is 0. The van der Waals surface area contributed by atoms with Crippen LogP contribution < -0.4 is 0 Å². The summed E-state index contributed by atoms with van der Waals surface area (Å²) in [5.41, 5.74) is 5.30. The van der Waals surface area contributed by atoms with Gasteiger partial charge in [-0.1, -0.05) is 17.7 Å². The molecule has 1 heterocycles. The van der Waals surface area contributed by atoms with Gasteiger partial charge in [-0.15, -0.1) is 0 Å². The van der Waals surface area contributed by atoms with Gasteiger partial charge < -0.3 is 0 Å². The lowest BCUT2D eigenvalue weighted by molar-refractivity contribution is 0.0992. The number of carbonyl (C=O) groups is 1. The second-order valence-electron chi connectivity index (χ2n) is 4.61. The molecule has 18 heavy (non-hydrogen) atoms. The van der Waals surface area contributed by atoms with Gasteiger partial charge in [0.1, 0.15) is 0 Å². The van der Waals surface area contributed by atoms with Gasteiger partial charge in [-0.05, 0) is 43.5 Å². The van der Waals surface area contributed by atoms with Crippen molar-refractivity contribution in [1.82, 2.24) is 10.2 Å². The van der Waals surface area contributed by atoms with Crippen LogP contribution in [0.5, 0.6) is 0 Å². The standard InChI is InChI=1S/C15H16N2O/c1-10-6-11(2)14(12(3)7-10)8-15(18)13-4-5-16-17-9-13/h4-7,9H,8H2,1-3H3. The number of hydrogen-bond acceptors (Lipinski definition) is 3. The van der Waals surface area contributed by atoms with E-state index in [-0.39, 0.29) is 5.78 Å². The molecule has 0 bridgehead atoms. The van der Waals surface area contributed by atoms with Crippen LogP contribution in [0.4, 0.5) is 0 Å². The van der Waals surface area contributed by atoms with Crippen molar-refractivity contribution < 1.29 is 4.79 Å². The number of aryl methyl sites for hydroxylation is 3. The number of Topliss-reactive ketones (excluding diaryl/α,β-unsaturated/α-hetero) is 1. The molecule has 0 unspecified atom stereocenters. The predicted molar refractivity (Wildman–Crippen MR) is 70.7 cm³/mol. The fourth-order valence-corrected chi connectivity index (χ4v) is 2.21. The van der Waals surface area contributed by atoms with E-state index < -0.39 is 0 Å². The van der Waals surface area contributed by atoms with Gasteiger partial charge in [0, 0.05) is 12.0 Å². The molecule has 92 valence electrons. The predicted octanol–water partition coefficient (Wildman–Crippen LogP) is 2.83. The molecule has 0 aliphatic carbocycles. The van der Waals surface area contributed by atoms with Crippen molar-refractivity contribution in [3.8, 4) is 0 Å². The van der Waals surface area contributed by atoms with E-state index in [0.29, 0.717) is 12.0 Å². The Hall–Kier alpha value is -2.03. The summed E-state index contributed by atoms with van der Waals surface area (Å²) < 4.78 is 0. The molecular weight excluding hydrogens is 224 g/mol. The minimum atomic E-state index is 0.0833. The molecule has 0 saturated heterocycles. The number of nitrogens with zero attached hydrogens (tertiary/aromatic N) is 2. The molecule has 1 aromatic carbocycles. The van der Waals surface area contributed by atoms with Gasteiger partial charge >= 0.3 is 0 Å². The lowest BCUT2D eigenvalue weighted by atomic mass is 9.94. The fraction of sp³-hybridized carbons (Fsp3) is 0.267. The van der Waals surface area contributed by atoms with Crippen molar-refractivity contribution in [2.75, 3.05) is 0 Å². The summed E-state index contributed by atoms with van der Waals surface area (Å²) in [6.07, 6.45) is 3.48. The normalized spacial score (nSPS) is 10.4. The molecule has 0 saturated carbocycles. The Morgan fingerprint density at radius 1 is 1.11 bits per heavy atom. The summed E-state index contributed by atoms with van der Waals surface area (Å²) in [6, 6.07) is 5.93. The van der Waals surface area contributed by atoms with Crippen LogP contribution in [0, 0.1) is 20.8 Å². The lowest BCUT2D eigenvalue weighted by Gasteiger charge is -2.10. The maximum atomic E-state index is 12.1. The summed E-state index contributed by atoms with van der Waals surface area (Å²) in [4.78, 5) is 12.1. The first-order valence-electron chi connectivity index (χ1n) is 5.94. The van der Waals surface area contributed by atoms with Crippen molar-refractivity contribution in [2.45, 2.75) is 27.2 Å². The number of carbonyl (C=O) groups excluding carboxylic acids is 1. The zero-order chi connectivity index (χ0) is 13.1. The minimum absolute atomic E-state index is 0.0833. The lowest BCUT2D eigenvalue weighted by Crippen LogP contribution is -2.07. The number of ketones is 1. The molecule has 2 aromatic rings. The highest BCUT2D eigenvalue weighted by atomic mass is 16.1. The Morgan fingerprint density at radius 3 is 2.33 bits per heavy atom. The second kappa shape index (κ2) is 5.08. The SMILES string of the molecule is Cc1cc(C)c(CC(=O)c2ccnnc2)c(C)c1. The van der Waals surface area contributed by atoms with Crippen molar-refractivity contribution >= 4 is 5.78 Å². The minimum Gasteiger partial charge on any atom is -0.294 e. The quantitative estimate of drug-likeness (QED) is 0.775. The molecule has 0 amide bonds. The Balaban J connectivity index is 2.28. The molecule has 1 aromatic heterocycles. The van der Waals surface area contributed by atoms with Gasteiger partial charge in [-0.3, -0.25) is 4.79 Å². The van der Waals surface area contributed by atoms with Crippen molar-refractivity contribution in [1.29, 1.82) is 0 Å². The van der Waals surface area contributed by atoms with Crippen LogP contribution in [-0.2, 0) is 6.42 Å². The largest absolute Gasteiger partial charge is 0.294 e. The molecule has 0 atom stereocenters. The first-order chi connectivity index (χ1) is 8.58. The highest BCUT2D eigenvalue weighted by Crippen LogP contribution is 2.18. The highest BCUT2D eigenvalue weighted by molar-refractivity contribution is 5.97. The average Bonchev–Trinajstić information content (AvgIpc) is 2.34. The van der Waals surface area contributed by atoms with Crippen molar-refractivity contribution in [2.24, 2.45) is 0 Å². The fourth-order valence-electron chi connectivity index (χ4n) is 2.21. The van der Waals surface area contributed by atoms with Gasteiger partial charge in [-0.25, -0.2) is 0 Å². The van der Waals surface area contributed by atoms with Crippen LogP contribution >= 0.6 is 0 Å². The third-order valence-corrected chi connectivity index (χ3v) is 3.08. The smallest absolute Gasteiger partial charge is 0.168 e. The Bertz CT molecular complexity index is 553. The monoisotopic (exact) mass is 240 g/mol. The van der Waals surface area contributed by atoms with E-state index in [2.05, 4.69) is 29.3 Å². The van der Waals surface area contributed by atoms with Crippen molar-refractivity contribution in [3.63, 3.8) is 0 Å². The summed E-state index contributed by atoms with van der Waals surface area (Å²) >= 11 is 0. The summed E-state index contributed by atoms with van der Waals surface area (Å²) in [5, 5.41) is 7.41. The second-order valence-corrected chi connectivity index (χ2v) is 4.61. The van der Waals surface area contributed by atoms with E-state index in [9.17, 15) is 4.79 Å².